The van der Waals surface area contributed by atoms with Crippen LogP contribution in [0.3, 0.4) is 0 Å². The molecule has 32 heavy (non-hydrogen) atoms. The predicted octanol–water partition coefficient (Wildman–Crippen LogP) is 4.10. The van der Waals surface area contributed by atoms with Gasteiger partial charge >= 0.3 is 0 Å². The number of hydrogen-bond acceptors (Lipinski definition) is 5. The molecule has 0 bridgehead atoms. The third-order valence-electron chi connectivity index (χ3n) is 5.38. The van der Waals surface area contributed by atoms with Crippen LogP contribution in [-0.2, 0) is 9.59 Å². The summed E-state index contributed by atoms with van der Waals surface area (Å²) in [6.07, 6.45) is 1.67. The van der Waals surface area contributed by atoms with Gasteiger partial charge in [0.25, 0.3) is 0 Å². The largest absolute Gasteiger partial charge is 0.354 e. The van der Waals surface area contributed by atoms with Gasteiger partial charge in [-0.05, 0) is 73.5 Å². The summed E-state index contributed by atoms with van der Waals surface area (Å²) in [4.78, 5) is 26.0. The van der Waals surface area contributed by atoms with Crippen LogP contribution in [0.2, 0.25) is 0 Å². The fraction of sp³-hybridized carbons (Fsp3) is 0.250. The van der Waals surface area contributed by atoms with E-state index in [9.17, 15) is 14.0 Å². The van der Waals surface area contributed by atoms with Crippen molar-refractivity contribution in [2.75, 3.05) is 28.6 Å². The maximum Gasteiger partial charge on any atom is 0.229 e. The van der Waals surface area contributed by atoms with Crippen molar-refractivity contribution >= 4 is 29.0 Å². The Morgan fingerprint density at radius 3 is 2.25 bits per heavy atom. The van der Waals surface area contributed by atoms with Crippen LogP contribution in [-0.4, -0.2) is 35.1 Å². The molecular weight excluding hydrogens is 409 g/mol. The predicted molar refractivity (Wildman–Crippen MR) is 122 cm³/mol. The van der Waals surface area contributed by atoms with Gasteiger partial charge in [-0.3, -0.25) is 9.59 Å². The van der Waals surface area contributed by atoms with E-state index in [1.807, 2.05) is 12.1 Å². The molecule has 0 radical (unpaired) electrons. The minimum atomic E-state index is -0.292. The molecule has 0 spiro atoms. The van der Waals surface area contributed by atoms with Crippen molar-refractivity contribution in [1.82, 2.24) is 10.2 Å². The highest BCUT2D eigenvalue weighted by Crippen LogP contribution is 2.25. The van der Waals surface area contributed by atoms with Gasteiger partial charge in [-0.2, -0.15) is 0 Å². The zero-order valence-corrected chi connectivity index (χ0v) is 17.7. The smallest absolute Gasteiger partial charge is 0.229 e. The third kappa shape index (κ3) is 5.26. The molecule has 2 amide bonds. The fourth-order valence-corrected chi connectivity index (χ4v) is 3.75. The molecule has 1 atom stereocenters. The number of rotatable bonds is 5. The third-order valence-corrected chi connectivity index (χ3v) is 5.38. The number of benzene rings is 2. The molecule has 2 N–H and O–H groups in total. The van der Waals surface area contributed by atoms with Crippen molar-refractivity contribution in [1.29, 1.82) is 0 Å². The van der Waals surface area contributed by atoms with Crippen molar-refractivity contribution in [3.63, 3.8) is 0 Å². The molecule has 1 unspecified atom stereocenters. The van der Waals surface area contributed by atoms with E-state index in [0.29, 0.717) is 29.4 Å². The Bertz CT molecular complexity index is 1080. The standard InChI is InChI=1S/C24H24FN5O2/c1-16(31)26-20-8-10-21(11-9-20)27-24(32)18-3-2-14-30(15-18)23-13-12-22(28-29-23)17-4-6-19(25)7-5-17/h4-13,18H,2-3,14-15H2,1H3,(H,26,31)(H,27,32). The number of anilines is 3. The van der Waals surface area contributed by atoms with Crippen molar-refractivity contribution < 1.29 is 14.0 Å². The van der Waals surface area contributed by atoms with Crippen LogP contribution in [0, 0.1) is 11.7 Å². The summed E-state index contributed by atoms with van der Waals surface area (Å²) < 4.78 is 13.1. The molecule has 1 aliphatic rings. The van der Waals surface area contributed by atoms with E-state index in [-0.39, 0.29) is 23.5 Å². The van der Waals surface area contributed by atoms with E-state index < -0.39 is 0 Å². The lowest BCUT2D eigenvalue weighted by atomic mass is 9.97. The molecule has 0 saturated carbocycles. The number of carbonyl (C=O) groups is 2. The molecule has 8 heteroatoms. The number of aromatic nitrogens is 2. The van der Waals surface area contributed by atoms with Crippen LogP contribution in [0.5, 0.6) is 0 Å². The van der Waals surface area contributed by atoms with E-state index >= 15 is 0 Å². The van der Waals surface area contributed by atoms with Crippen molar-refractivity contribution in [2.24, 2.45) is 5.92 Å². The Labute approximate surface area is 185 Å². The highest BCUT2D eigenvalue weighted by Gasteiger charge is 2.27. The van der Waals surface area contributed by atoms with E-state index in [1.54, 1.807) is 36.4 Å². The number of piperidine rings is 1. The fourth-order valence-electron chi connectivity index (χ4n) is 3.75. The van der Waals surface area contributed by atoms with E-state index in [0.717, 1.165) is 24.9 Å². The van der Waals surface area contributed by atoms with E-state index in [2.05, 4.69) is 25.7 Å². The highest BCUT2D eigenvalue weighted by atomic mass is 19.1. The molecule has 1 fully saturated rings. The van der Waals surface area contributed by atoms with E-state index in [1.165, 1.54) is 19.1 Å². The minimum Gasteiger partial charge on any atom is -0.354 e. The summed E-state index contributed by atoms with van der Waals surface area (Å²) in [7, 11) is 0. The first-order valence-corrected chi connectivity index (χ1v) is 10.5. The second kappa shape index (κ2) is 9.55. The second-order valence-electron chi connectivity index (χ2n) is 7.82. The normalized spacial score (nSPS) is 15.8. The zero-order chi connectivity index (χ0) is 22.5. The molecule has 1 aliphatic heterocycles. The summed E-state index contributed by atoms with van der Waals surface area (Å²) in [6.45, 7) is 2.81. The van der Waals surface area contributed by atoms with Crippen LogP contribution in [0.1, 0.15) is 19.8 Å². The lowest BCUT2D eigenvalue weighted by Gasteiger charge is -2.32. The topological polar surface area (TPSA) is 87.2 Å². The number of hydrogen-bond donors (Lipinski definition) is 2. The highest BCUT2D eigenvalue weighted by molar-refractivity contribution is 5.94. The van der Waals surface area contributed by atoms with Gasteiger partial charge in [0.05, 0.1) is 11.6 Å². The monoisotopic (exact) mass is 433 g/mol. The van der Waals surface area contributed by atoms with Gasteiger partial charge < -0.3 is 15.5 Å². The Balaban J connectivity index is 1.37. The summed E-state index contributed by atoms with van der Waals surface area (Å²) in [5.74, 6) is 0.0701. The maximum atomic E-state index is 13.1. The number of halogens is 1. The van der Waals surface area contributed by atoms with Gasteiger partial charge in [0.1, 0.15) is 5.82 Å². The molecule has 1 aromatic heterocycles. The Morgan fingerprint density at radius 2 is 1.62 bits per heavy atom. The summed E-state index contributed by atoms with van der Waals surface area (Å²) in [5.41, 5.74) is 2.83. The summed E-state index contributed by atoms with van der Waals surface area (Å²) in [5, 5.41) is 14.3. The molecule has 4 rings (SSSR count). The Morgan fingerprint density at radius 1 is 0.938 bits per heavy atom. The summed E-state index contributed by atoms with van der Waals surface area (Å²) >= 11 is 0. The first-order valence-electron chi connectivity index (χ1n) is 10.5. The Kier molecular flexibility index (Phi) is 6.39. The lowest BCUT2D eigenvalue weighted by Crippen LogP contribution is -2.41. The lowest BCUT2D eigenvalue weighted by molar-refractivity contribution is -0.120. The SMILES string of the molecule is CC(=O)Nc1ccc(NC(=O)C2CCCN(c3ccc(-c4ccc(F)cc4)nn3)C2)cc1. The van der Waals surface area contributed by atoms with Crippen LogP contribution in [0.15, 0.2) is 60.7 Å². The Hall–Kier alpha value is -3.81. The van der Waals surface area contributed by atoms with Crippen LogP contribution < -0.4 is 15.5 Å². The van der Waals surface area contributed by atoms with E-state index in [4.69, 9.17) is 0 Å². The van der Waals surface area contributed by atoms with Crippen LogP contribution in [0.25, 0.3) is 11.3 Å². The number of amides is 2. The maximum absolute atomic E-state index is 13.1. The number of nitrogens with zero attached hydrogens (tertiary/aromatic N) is 3. The molecule has 7 nitrogen and oxygen atoms in total. The van der Waals surface area contributed by atoms with Gasteiger partial charge in [0.2, 0.25) is 11.8 Å². The quantitative estimate of drug-likeness (QED) is 0.633. The van der Waals surface area contributed by atoms with Crippen LogP contribution in [0.4, 0.5) is 21.6 Å². The van der Waals surface area contributed by atoms with Gasteiger partial charge in [-0.25, -0.2) is 4.39 Å². The first-order chi connectivity index (χ1) is 15.5. The molecule has 2 aromatic carbocycles. The van der Waals surface area contributed by atoms with Crippen molar-refractivity contribution in [3.05, 3.63) is 66.5 Å². The van der Waals surface area contributed by atoms with Gasteiger partial charge in [-0.1, -0.05) is 0 Å². The average molecular weight is 433 g/mol. The van der Waals surface area contributed by atoms with Gasteiger partial charge in [0, 0.05) is 37.0 Å². The molecule has 1 saturated heterocycles. The number of carbonyl (C=O) groups excluding carboxylic acids is 2. The van der Waals surface area contributed by atoms with Gasteiger partial charge in [-0.15, -0.1) is 10.2 Å². The van der Waals surface area contributed by atoms with Crippen molar-refractivity contribution in [2.45, 2.75) is 19.8 Å². The van der Waals surface area contributed by atoms with Crippen molar-refractivity contribution in [3.8, 4) is 11.3 Å². The first kappa shape index (κ1) is 21.4. The molecule has 0 aliphatic carbocycles. The molecule has 3 aromatic rings. The number of nitrogens with one attached hydrogen (secondary N) is 2. The molecule has 2 heterocycles. The second-order valence-corrected chi connectivity index (χ2v) is 7.82. The average Bonchev–Trinajstić information content (AvgIpc) is 2.81. The minimum absolute atomic E-state index is 0.0436. The molecule has 164 valence electrons. The van der Waals surface area contributed by atoms with Crippen LogP contribution >= 0.6 is 0 Å². The van der Waals surface area contributed by atoms with Gasteiger partial charge in [0.15, 0.2) is 5.82 Å². The zero-order valence-electron chi connectivity index (χ0n) is 17.7. The molecular formula is C24H24FN5O2. The summed E-state index contributed by atoms with van der Waals surface area (Å²) in [6, 6.07) is 16.9.